The number of anilines is 4. The van der Waals surface area contributed by atoms with Gasteiger partial charge in [0.25, 0.3) is 0 Å². The summed E-state index contributed by atoms with van der Waals surface area (Å²) in [5, 5.41) is 27.4. The van der Waals surface area contributed by atoms with E-state index in [4.69, 9.17) is 10.2 Å². The van der Waals surface area contributed by atoms with Crippen LogP contribution in [0, 0.1) is 0 Å². The van der Waals surface area contributed by atoms with E-state index in [1.807, 2.05) is 12.1 Å². The van der Waals surface area contributed by atoms with Gasteiger partial charge in [-0.15, -0.1) is 0 Å². The van der Waals surface area contributed by atoms with Gasteiger partial charge in [-0.25, -0.2) is 0 Å². The van der Waals surface area contributed by atoms with Crippen LogP contribution in [0.2, 0.25) is 0 Å². The molecule has 8 nitrogen and oxygen atoms in total. The van der Waals surface area contributed by atoms with Crippen molar-refractivity contribution >= 4 is 23.5 Å². The molecule has 0 amide bonds. The lowest BCUT2D eigenvalue weighted by Crippen LogP contribution is -2.15. The quantitative estimate of drug-likeness (QED) is 0.189. The van der Waals surface area contributed by atoms with Crippen LogP contribution in [0.4, 0.5) is 23.5 Å². The van der Waals surface area contributed by atoms with E-state index in [2.05, 4.69) is 50.0 Å². The summed E-state index contributed by atoms with van der Waals surface area (Å²) in [7, 11) is 0. The number of para-hydroxylation sites is 1. The summed E-state index contributed by atoms with van der Waals surface area (Å²) < 4.78 is 0. The zero-order valence-corrected chi connectivity index (χ0v) is 20.2. The van der Waals surface area contributed by atoms with Crippen LogP contribution in [0.25, 0.3) is 0 Å². The molecular weight excluding hydrogens is 416 g/mol. The Bertz CT molecular complexity index is 748. The van der Waals surface area contributed by atoms with Gasteiger partial charge in [0.2, 0.25) is 17.8 Å². The molecule has 0 aliphatic heterocycles. The molecule has 0 aliphatic carbocycles. The molecule has 5 N–H and O–H groups in total. The molecule has 0 aliphatic rings. The molecule has 1 aromatic heterocycles. The topological polar surface area (TPSA) is 115 Å². The first-order valence-electron chi connectivity index (χ1n) is 12.6. The fourth-order valence-corrected chi connectivity index (χ4v) is 3.71. The van der Waals surface area contributed by atoms with Crippen molar-refractivity contribution in [1.82, 2.24) is 15.0 Å². The second kappa shape index (κ2) is 17.1. The molecule has 184 valence electrons. The van der Waals surface area contributed by atoms with Crippen LogP contribution < -0.4 is 16.0 Å². The second-order valence-electron chi connectivity index (χ2n) is 8.32. The molecule has 2 aromatic rings. The van der Waals surface area contributed by atoms with Gasteiger partial charge in [-0.3, -0.25) is 0 Å². The number of hydrogen-bond acceptors (Lipinski definition) is 8. The first-order valence-corrected chi connectivity index (χ1v) is 12.6. The van der Waals surface area contributed by atoms with Gasteiger partial charge in [-0.05, 0) is 24.5 Å². The molecule has 0 unspecified atom stereocenters. The molecular formula is C25H42N6O2. The summed E-state index contributed by atoms with van der Waals surface area (Å²) in [6.45, 7) is 2.92. The van der Waals surface area contributed by atoms with Crippen LogP contribution >= 0.6 is 0 Å². The minimum Gasteiger partial charge on any atom is -0.395 e. The Labute approximate surface area is 198 Å². The van der Waals surface area contributed by atoms with Gasteiger partial charge < -0.3 is 26.2 Å². The summed E-state index contributed by atoms with van der Waals surface area (Å²) >= 11 is 0. The predicted molar refractivity (Wildman–Crippen MR) is 136 cm³/mol. The lowest BCUT2D eigenvalue weighted by atomic mass is 10.0. The van der Waals surface area contributed by atoms with E-state index in [1.54, 1.807) is 0 Å². The van der Waals surface area contributed by atoms with Crippen LogP contribution in [0.3, 0.4) is 0 Å². The third kappa shape index (κ3) is 11.3. The maximum atomic E-state index is 9.08. The Kier molecular flexibility index (Phi) is 13.9. The van der Waals surface area contributed by atoms with Gasteiger partial charge in [0.05, 0.1) is 13.2 Å². The van der Waals surface area contributed by atoms with Gasteiger partial charge in [0.1, 0.15) is 0 Å². The average molecular weight is 459 g/mol. The summed E-state index contributed by atoms with van der Waals surface area (Å²) in [4.78, 5) is 13.1. The Morgan fingerprint density at radius 1 is 0.667 bits per heavy atom. The number of aliphatic hydroxyl groups excluding tert-OH is 2. The van der Waals surface area contributed by atoms with Crippen LogP contribution in [-0.2, 0) is 6.42 Å². The van der Waals surface area contributed by atoms with Crippen LogP contribution in [0.15, 0.2) is 24.3 Å². The number of unbranched alkanes of at least 4 members (excludes halogenated alkanes) is 9. The minimum atomic E-state index is -0.0183. The van der Waals surface area contributed by atoms with Crippen LogP contribution in [0.1, 0.15) is 76.7 Å². The molecule has 0 bridgehead atoms. The Hall–Kier alpha value is -2.45. The van der Waals surface area contributed by atoms with Gasteiger partial charge in [-0.2, -0.15) is 15.0 Å². The monoisotopic (exact) mass is 458 g/mol. The molecule has 8 heteroatoms. The maximum Gasteiger partial charge on any atom is 0.233 e. The smallest absolute Gasteiger partial charge is 0.233 e. The third-order valence-electron chi connectivity index (χ3n) is 5.49. The molecule has 0 saturated carbocycles. The van der Waals surface area contributed by atoms with Crippen molar-refractivity contribution < 1.29 is 10.2 Å². The molecule has 0 radical (unpaired) electrons. The zero-order chi connectivity index (χ0) is 23.6. The molecule has 0 spiro atoms. The molecule has 0 atom stereocenters. The highest BCUT2D eigenvalue weighted by molar-refractivity contribution is 5.60. The number of rotatable bonds is 19. The molecule has 1 aromatic carbocycles. The van der Waals surface area contributed by atoms with E-state index < -0.39 is 0 Å². The van der Waals surface area contributed by atoms with Gasteiger partial charge >= 0.3 is 0 Å². The van der Waals surface area contributed by atoms with Crippen molar-refractivity contribution in [3.63, 3.8) is 0 Å². The Balaban J connectivity index is 1.86. The lowest BCUT2D eigenvalue weighted by molar-refractivity contribution is 0.310. The lowest BCUT2D eigenvalue weighted by Gasteiger charge is -2.13. The third-order valence-corrected chi connectivity index (χ3v) is 5.49. The van der Waals surface area contributed by atoms with E-state index >= 15 is 0 Å². The Morgan fingerprint density at radius 2 is 1.18 bits per heavy atom. The van der Waals surface area contributed by atoms with Crippen molar-refractivity contribution in [3.05, 3.63) is 29.8 Å². The maximum absolute atomic E-state index is 9.08. The summed E-state index contributed by atoms with van der Waals surface area (Å²) in [5.41, 5.74) is 2.23. The minimum absolute atomic E-state index is 0.0183. The molecule has 2 rings (SSSR count). The fraction of sp³-hybridized carbons (Fsp3) is 0.640. The summed E-state index contributed by atoms with van der Waals surface area (Å²) in [5.74, 6) is 1.16. The highest BCUT2D eigenvalue weighted by Gasteiger charge is 2.09. The predicted octanol–water partition coefficient (Wildman–Crippen LogP) is 4.89. The van der Waals surface area contributed by atoms with Crippen molar-refractivity contribution in [2.45, 2.75) is 77.6 Å². The van der Waals surface area contributed by atoms with Crippen molar-refractivity contribution in [2.24, 2.45) is 0 Å². The highest BCUT2D eigenvalue weighted by atomic mass is 16.3. The van der Waals surface area contributed by atoms with E-state index in [0.29, 0.717) is 30.9 Å². The van der Waals surface area contributed by atoms with E-state index in [9.17, 15) is 0 Å². The number of nitrogens with one attached hydrogen (secondary N) is 3. The Morgan fingerprint density at radius 3 is 1.76 bits per heavy atom. The number of aryl methyl sites for hydroxylation is 1. The molecule has 33 heavy (non-hydrogen) atoms. The standard InChI is InChI=1S/C25H42N6O2/c1-2-3-4-5-6-7-8-9-10-11-14-21-15-12-13-16-22(21)28-25-30-23(26-17-19-32)29-24(31-25)27-18-20-33/h12-13,15-16,32-33H,2-11,14,17-20H2,1H3,(H3,26,27,28,29,30,31). The summed E-state index contributed by atoms with van der Waals surface area (Å²) in [6, 6.07) is 8.25. The highest BCUT2D eigenvalue weighted by Crippen LogP contribution is 2.22. The number of benzene rings is 1. The number of aromatic nitrogens is 3. The normalized spacial score (nSPS) is 10.9. The number of hydrogen-bond donors (Lipinski definition) is 5. The largest absolute Gasteiger partial charge is 0.395 e. The van der Waals surface area contributed by atoms with E-state index in [0.717, 1.165) is 12.1 Å². The van der Waals surface area contributed by atoms with Crippen molar-refractivity contribution in [3.8, 4) is 0 Å². The molecule has 0 saturated heterocycles. The van der Waals surface area contributed by atoms with Crippen molar-refractivity contribution in [1.29, 1.82) is 0 Å². The van der Waals surface area contributed by atoms with Crippen LogP contribution in [-0.4, -0.2) is 51.5 Å². The van der Waals surface area contributed by atoms with Crippen molar-refractivity contribution in [2.75, 3.05) is 42.3 Å². The van der Waals surface area contributed by atoms with Gasteiger partial charge in [0, 0.05) is 18.8 Å². The first-order chi connectivity index (χ1) is 16.3. The number of aliphatic hydroxyl groups is 2. The zero-order valence-electron chi connectivity index (χ0n) is 20.2. The molecule has 1 heterocycles. The average Bonchev–Trinajstić information content (AvgIpc) is 2.83. The van der Waals surface area contributed by atoms with E-state index in [-0.39, 0.29) is 13.2 Å². The second-order valence-corrected chi connectivity index (χ2v) is 8.32. The molecule has 0 fully saturated rings. The SMILES string of the molecule is CCCCCCCCCCCCc1ccccc1Nc1nc(NCCO)nc(NCCO)n1. The summed E-state index contributed by atoms with van der Waals surface area (Å²) in [6.07, 6.45) is 14.3. The first kappa shape index (κ1) is 26.8. The van der Waals surface area contributed by atoms with Gasteiger partial charge in [0.15, 0.2) is 0 Å². The fourth-order valence-electron chi connectivity index (χ4n) is 3.71. The number of nitrogens with zero attached hydrogens (tertiary/aromatic N) is 3. The van der Waals surface area contributed by atoms with Gasteiger partial charge in [-0.1, -0.05) is 82.9 Å². The van der Waals surface area contributed by atoms with Crippen LogP contribution in [0.5, 0.6) is 0 Å². The van der Waals surface area contributed by atoms with E-state index in [1.165, 1.54) is 69.8 Å².